The van der Waals surface area contributed by atoms with Crippen molar-refractivity contribution in [2.45, 2.75) is 18.1 Å². The largest absolute Gasteiger partial charge is 0.508 e. The highest BCUT2D eigenvalue weighted by molar-refractivity contribution is 7.89. The number of primary sulfonamides is 1. The zero-order valence-corrected chi connectivity index (χ0v) is 12.2. The number of aromatic hydroxyl groups is 1. The van der Waals surface area contributed by atoms with Gasteiger partial charge in [0.05, 0.1) is 15.8 Å². The molecule has 8 heteroatoms. The Hall–Kier alpha value is -1.31. The Morgan fingerprint density at radius 1 is 1.45 bits per heavy atom. The highest BCUT2D eigenvalue weighted by Gasteiger charge is 2.31. The minimum atomic E-state index is -3.67. The molecule has 1 aromatic carbocycles. The van der Waals surface area contributed by atoms with E-state index < -0.39 is 21.2 Å². The molecule has 1 heterocycles. The first-order valence-electron chi connectivity index (χ1n) is 6.08. The minimum absolute atomic E-state index is 0.0453. The van der Waals surface area contributed by atoms with Crippen LogP contribution in [-0.2, 0) is 10.0 Å². The fourth-order valence-corrected chi connectivity index (χ4v) is 3.32. The molecule has 3 N–H and O–H groups in total. The number of piperidine rings is 1. The molecule has 0 spiro atoms. The molecular formula is C12H15ClN2O4S. The third-order valence-corrected chi connectivity index (χ3v) is 4.95. The van der Waals surface area contributed by atoms with Gasteiger partial charge in [0.1, 0.15) is 5.75 Å². The number of amides is 1. The lowest BCUT2D eigenvalue weighted by atomic mass is 10.1. The van der Waals surface area contributed by atoms with Crippen molar-refractivity contribution in [3.8, 4) is 5.75 Å². The maximum Gasteiger partial charge on any atom is 0.255 e. The number of rotatable bonds is 2. The fourth-order valence-electron chi connectivity index (χ4n) is 2.24. The quantitative estimate of drug-likeness (QED) is 0.847. The van der Waals surface area contributed by atoms with E-state index in [-0.39, 0.29) is 22.9 Å². The van der Waals surface area contributed by atoms with Crippen LogP contribution >= 0.6 is 11.6 Å². The predicted octanol–water partition coefficient (Wildman–Crippen LogP) is 0.939. The number of nitrogens with two attached hydrogens (primary N) is 1. The van der Waals surface area contributed by atoms with Crippen LogP contribution in [0.1, 0.15) is 23.2 Å². The first-order chi connectivity index (χ1) is 9.29. The zero-order valence-electron chi connectivity index (χ0n) is 10.6. The lowest BCUT2D eigenvalue weighted by molar-refractivity contribution is 0.0726. The molecule has 20 heavy (non-hydrogen) atoms. The molecule has 110 valence electrons. The minimum Gasteiger partial charge on any atom is -0.508 e. The number of likely N-dealkylation sites (tertiary alicyclic amines) is 1. The summed E-state index contributed by atoms with van der Waals surface area (Å²) >= 11 is 5.94. The molecule has 6 nitrogen and oxygen atoms in total. The van der Waals surface area contributed by atoms with Crippen molar-refractivity contribution in [2.75, 3.05) is 13.1 Å². The molecule has 1 saturated heterocycles. The van der Waals surface area contributed by atoms with Crippen LogP contribution in [0.15, 0.2) is 18.2 Å². The normalized spacial score (nSPS) is 19.9. The monoisotopic (exact) mass is 318 g/mol. The van der Waals surface area contributed by atoms with Gasteiger partial charge in [-0.2, -0.15) is 0 Å². The molecule has 1 unspecified atom stereocenters. The van der Waals surface area contributed by atoms with Gasteiger partial charge in [-0.25, -0.2) is 13.6 Å². The maximum atomic E-state index is 12.3. The van der Waals surface area contributed by atoms with Crippen molar-refractivity contribution in [2.24, 2.45) is 5.14 Å². The fraction of sp³-hybridized carbons (Fsp3) is 0.417. The standard InChI is InChI=1S/C12H15ClN2O4S/c13-11-4-3-8(16)6-10(11)12(17)15-5-1-2-9(7-15)20(14,18)19/h3-4,6,9,16H,1-2,5,7H2,(H2,14,18,19). The summed E-state index contributed by atoms with van der Waals surface area (Å²) in [5.41, 5.74) is 0.154. The van der Waals surface area contributed by atoms with E-state index in [2.05, 4.69) is 0 Å². The van der Waals surface area contributed by atoms with Crippen molar-refractivity contribution < 1.29 is 18.3 Å². The van der Waals surface area contributed by atoms with Crippen LogP contribution in [-0.4, -0.2) is 42.7 Å². The third kappa shape index (κ3) is 3.23. The summed E-state index contributed by atoms with van der Waals surface area (Å²) in [7, 11) is -3.67. The summed E-state index contributed by atoms with van der Waals surface area (Å²) in [5.74, 6) is -0.475. The molecule has 0 radical (unpaired) electrons. The first kappa shape index (κ1) is 15.1. The molecular weight excluding hydrogens is 304 g/mol. The summed E-state index contributed by atoms with van der Waals surface area (Å²) < 4.78 is 22.8. The van der Waals surface area contributed by atoms with E-state index in [0.717, 1.165) is 0 Å². The second-order valence-corrected chi connectivity index (χ2v) is 7.02. The molecule has 1 amide bonds. The van der Waals surface area contributed by atoms with Gasteiger partial charge in [-0.05, 0) is 31.0 Å². The van der Waals surface area contributed by atoms with Crippen molar-refractivity contribution in [3.63, 3.8) is 0 Å². The molecule has 0 aromatic heterocycles. The molecule has 1 atom stereocenters. The number of carbonyl (C=O) groups is 1. The number of phenols is 1. The maximum absolute atomic E-state index is 12.3. The molecule has 1 aromatic rings. The predicted molar refractivity (Wildman–Crippen MR) is 75.1 cm³/mol. The van der Waals surface area contributed by atoms with Crippen LogP contribution in [0.5, 0.6) is 5.75 Å². The lowest BCUT2D eigenvalue weighted by Crippen LogP contribution is -2.47. The van der Waals surface area contributed by atoms with E-state index in [0.29, 0.717) is 19.4 Å². The average Bonchev–Trinajstić information content (AvgIpc) is 2.40. The van der Waals surface area contributed by atoms with E-state index in [1.165, 1.54) is 23.1 Å². The number of carbonyl (C=O) groups excluding carboxylic acids is 1. The topological polar surface area (TPSA) is 101 Å². The number of hydrogen-bond donors (Lipinski definition) is 2. The molecule has 1 aliphatic heterocycles. The van der Waals surface area contributed by atoms with E-state index in [1.807, 2.05) is 0 Å². The van der Waals surface area contributed by atoms with Crippen LogP contribution in [0, 0.1) is 0 Å². The number of phenolic OH excluding ortho intramolecular Hbond substituents is 1. The van der Waals surface area contributed by atoms with Crippen molar-refractivity contribution in [3.05, 3.63) is 28.8 Å². The number of hydrogen-bond acceptors (Lipinski definition) is 4. The molecule has 0 aliphatic carbocycles. The zero-order chi connectivity index (χ0) is 14.9. The van der Waals surface area contributed by atoms with Gasteiger partial charge >= 0.3 is 0 Å². The molecule has 1 aliphatic rings. The summed E-state index contributed by atoms with van der Waals surface area (Å²) in [4.78, 5) is 13.7. The van der Waals surface area contributed by atoms with Gasteiger partial charge in [-0.15, -0.1) is 0 Å². The smallest absolute Gasteiger partial charge is 0.255 e. The Morgan fingerprint density at radius 3 is 2.80 bits per heavy atom. The van der Waals surface area contributed by atoms with Gasteiger partial charge in [0.25, 0.3) is 5.91 Å². The number of benzene rings is 1. The van der Waals surface area contributed by atoms with Crippen molar-refractivity contribution >= 4 is 27.5 Å². The van der Waals surface area contributed by atoms with E-state index in [1.54, 1.807) is 0 Å². The Kier molecular flexibility index (Phi) is 4.22. The molecule has 1 fully saturated rings. The third-order valence-electron chi connectivity index (χ3n) is 3.31. The Bertz CT molecular complexity index is 632. The molecule has 0 saturated carbocycles. The molecule has 0 bridgehead atoms. The van der Waals surface area contributed by atoms with Crippen LogP contribution < -0.4 is 5.14 Å². The summed E-state index contributed by atoms with van der Waals surface area (Å²) in [6, 6.07) is 4.07. The van der Waals surface area contributed by atoms with Gasteiger partial charge < -0.3 is 10.0 Å². The van der Waals surface area contributed by atoms with Crippen LogP contribution in [0.3, 0.4) is 0 Å². The van der Waals surface area contributed by atoms with Crippen LogP contribution in [0.4, 0.5) is 0 Å². The van der Waals surface area contributed by atoms with E-state index in [4.69, 9.17) is 16.7 Å². The van der Waals surface area contributed by atoms with Gasteiger partial charge in [0.15, 0.2) is 0 Å². The Balaban J connectivity index is 2.23. The number of sulfonamides is 1. The van der Waals surface area contributed by atoms with Gasteiger partial charge in [0.2, 0.25) is 10.0 Å². The van der Waals surface area contributed by atoms with Crippen molar-refractivity contribution in [1.29, 1.82) is 0 Å². The number of nitrogens with zero attached hydrogens (tertiary/aromatic N) is 1. The second-order valence-electron chi connectivity index (χ2n) is 4.77. The van der Waals surface area contributed by atoms with Gasteiger partial charge in [-0.1, -0.05) is 11.6 Å². The Labute approximate surface area is 122 Å². The highest BCUT2D eigenvalue weighted by atomic mass is 35.5. The van der Waals surface area contributed by atoms with Gasteiger partial charge in [-0.3, -0.25) is 4.79 Å². The first-order valence-corrected chi connectivity index (χ1v) is 8.07. The van der Waals surface area contributed by atoms with E-state index >= 15 is 0 Å². The summed E-state index contributed by atoms with van der Waals surface area (Å²) in [6.07, 6.45) is 1.000. The highest BCUT2D eigenvalue weighted by Crippen LogP contribution is 2.24. The number of halogens is 1. The van der Waals surface area contributed by atoms with Gasteiger partial charge in [0, 0.05) is 13.1 Å². The Morgan fingerprint density at radius 2 is 2.15 bits per heavy atom. The van der Waals surface area contributed by atoms with Crippen LogP contribution in [0.2, 0.25) is 5.02 Å². The molecule has 2 rings (SSSR count). The average molecular weight is 319 g/mol. The van der Waals surface area contributed by atoms with Crippen molar-refractivity contribution in [1.82, 2.24) is 4.90 Å². The van der Waals surface area contributed by atoms with E-state index in [9.17, 15) is 18.3 Å². The van der Waals surface area contributed by atoms with Crippen LogP contribution in [0.25, 0.3) is 0 Å². The summed E-state index contributed by atoms with van der Waals surface area (Å²) in [6.45, 7) is 0.487. The second kappa shape index (κ2) is 5.59. The summed E-state index contributed by atoms with van der Waals surface area (Å²) in [5, 5.41) is 14.0. The SMILES string of the molecule is NS(=O)(=O)C1CCCN(C(=O)c2cc(O)ccc2Cl)C1. The lowest BCUT2D eigenvalue weighted by Gasteiger charge is -2.31.